The van der Waals surface area contributed by atoms with Gasteiger partial charge in [0, 0.05) is 32.8 Å². The summed E-state index contributed by atoms with van der Waals surface area (Å²) in [4.78, 5) is 0. The lowest BCUT2D eigenvalue weighted by Crippen LogP contribution is -2.17. The number of phenols is 2. The maximum Gasteiger partial charge on any atom is 0.150 e. The molecule has 8 aromatic carbocycles. The Bertz CT molecular complexity index is 2950. The van der Waals surface area contributed by atoms with Crippen molar-refractivity contribution in [2.45, 2.75) is 0 Å². The molecule has 0 aliphatic rings. The van der Waals surface area contributed by atoms with Crippen molar-refractivity contribution in [3.8, 4) is 56.3 Å². The second kappa shape index (κ2) is 12.1. The highest BCUT2D eigenvalue weighted by Crippen LogP contribution is 2.48. The van der Waals surface area contributed by atoms with Crippen molar-refractivity contribution in [1.82, 2.24) is 9.13 Å². The zero-order valence-electron chi connectivity index (χ0n) is 28.6. The molecule has 0 aliphatic heterocycles. The number of hydrogen-bond donors (Lipinski definition) is 2. The number of aromatic nitrogens is 2. The standard InChI is InChI=1S/C48H31BN2O2/c49-45-43(30-14-4-1-5-15-30)47(52)44(31-16-6-2-7-17-31)48(53)46(45)51-40-23-13-11-21-36(40)38-29-33(25-27-42(38)51)32-24-26-41-37(28-32)35-20-10-12-22-39(35)50(41)34-18-8-3-9-19-34/h1-29,52-53H. The summed E-state index contributed by atoms with van der Waals surface area (Å²) in [5, 5.41) is 28.5. The molecule has 5 heteroatoms. The number of hydrogen-bond acceptors (Lipinski definition) is 2. The first kappa shape index (κ1) is 30.8. The molecule has 10 aromatic rings. The molecule has 0 atom stereocenters. The van der Waals surface area contributed by atoms with Crippen molar-refractivity contribution in [2.75, 3.05) is 0 Å². The summed E-state index contributed by atoms with van der Waals surface area (Å²) >= 11 is 0. The Labute approximate surface area is 307 Å². The van der Waals surface area contributed by atoms with Gasteiger partial charge in [-0.05, 0) is 70.8 Å². The minimum absolute atomic E-state index is 0.0618. The van der Waals surface area contributed by atoms with Crippen LogP contribution < -0.4 is 5.46 Å². The van der Waals surface area contributed by atoms with Crippen LogP contribution in [0.3, 0.4) is 0 Å². The Balaban J connectivity index is 1.22. The van der Waals surface area contributed by atoms with Crippen molar-refractivity contribution < 1.29 is 10.2 Å². The molecule has 4 nitrogen and oxygen atoms in total. The number of fused-ring (bicyclic) bond motifs is 6. The maximum absolute atomic E-state index is 12.2. The number of benzene rings is 8. The predicted molar refractivity (Wildman–Crippen MR) is 220 cm³/mol. The number of rotatable bonds is 5. The summed E-state index contributed by atoms with van der Waals surface area (Å²) in [6, 6.07) is 59.5. The van der Waals surface area contributed by atoms with Crippen LogP contribution in [0, 0.1) is 0 Å². The van der Waals surface area contributed by atoms with Crippen molar-refractivity contribution >= 4 is 56.9 Å². The first-order valence-corrected chi connectivity index (χ1v) is 17.7. The average Bonchev–Trinajstić information content (AvgIpc) is 3.71. The zero-order valence-corrected chi connectivity index (χ0v) is 28.6. The number of aromatic hydroxyl groups is 2. The van der Waals surface area contributed by atoms with E-state index in [1.54, 1.807) is 0 Å². The molecular weight excluding hydrogens is 647 g/mol. The molecule has 0 spiro atoms. The van der Waals surface area contributed by atoms with Gasteiger partial charge in [0.2, 0.25) is 0 Å². The van der Waals surface area contributed by atoms with Crippen LogP contribution >= 0.6 is 0 Å². The van der Waals surface area contributed by atoms with E-state index in [2.05, 4.69) is 102 Å². The van der Waals surface area contributed by atoms with Crippen LogP contribution in [0.1, 0.15) is 0 Å². The Morgan fingerprint density at radius 1 is 0.358 bits per heavy atom. The summed E-state index contributed by atoms with van der Waals surface area (Å²) in [5.41, 5.74) is 10.4. The van der Waals surface area contributed by atoms with Crippen LogP contribution in [0.4, 0.5) is 0 Å². The number of phenolic OH excluding ortho intramolecular Hbond substituents is 2. The molecule has 2 heterocycles. The molecule has 0 saturated carbocycles. The lowest BCUT2D eigenvalue weighted by molar-refractivity contribution is 0.455. The van der Waals surface area contributed by atoms with E-state index in [-0.39, 0.29) is 17.0 Å². The summed E-state index contributed by atoms with van der Waals surface area (Å²) in [6.07, 6.45) is 0. The minimum Gasteiger partial charge on any atom is -0.507 e. The highest BCUT2D eigenvalue weighted by Gasteiger charge is 2.26. The van der Waals surface area contributed by atoms with Gasteiger partial charge in [-0.1, -0.05) is 133 Å². The third-order valence-electron chi connectivity index (χ3n) is 10.5. The second-order valence-electron chi connectivity index (χ2n) is 13.4. The Hall–Kier alpha value is -6.98. The van der Waals surface area contributed by atoms with Gasteiger partial charge in [0.15, 0.2) is 5.75 Å². The Morgan fingerprint density at radius 2 is 0.792 bits per heavy atom. The van der Waals surface area contributed by atoms with Gasteiger partial charge in [-0.2, -0.15) is 0 Å². The van der Waals surface area contributed by atoms with Crippen LogP contribution in [0.25, 0.3) is 88.4 Å². The van der Waals surface area contributed by atoms with E-state index in [4.69, 9.17) is 7.85 Å². The van der Waals surface area contributed by atoms with Gasteiger partial charge >= 0.3 is 0 Å². The minimum atomic E-state index is -0.0853. The smallest absolute Gasteiger partial charge is 0.150 e. The molecular formula is C48H31BN2O2. The maximum atomic E-state index is 12.2. The fourth-order valence-corrected chi connectivity index (χ4v) is 8.13. The predicted octanol–water partition coefficient (Wildman–Crippen LogP) is 11.1. The van der Waals surface area contributed by atoms with Crippen molar-refractivity contribution in [2.24, 2.45) is 0 Å². The monoisotopic (exact) mass is 678 g/mol. The van der Waals surface area contributed by atoms with Crippen LogP contribution in [-0.2, 0) is 0 Å². The average molecular weight is 679 g/mol. The fourth-order valence-electron chi connectivity index (χ4n) is 8.13. The largest absolute Gasteiger partial charge is 0.507 e. The molecule has 2 aromatic heterocycles. The normalized spacial score (nSPS) is 11.6. The van der Waals surface area contributed by atoms with E-state index < -0.39 is 0 Å². The lowest BCUT2D eigenvalue weighted by Gasteiger charge is -2.22. The molecule has 2 radical (unpaired) electrons. The molecule has 0 saturated heterocycles. The van der Waals surface area contributed by atoms with E-state index in [0.29, 0.717) is 22.4 Å². The summed E-state index contributed by atoms with van der Waals surface area (Å²) in [5.74, 6) is -0.147. The highest BCUT2D eigenvalue weighted by atomic mass is 16.3. The third kappa shape index (κ3) is 4.71. The van der Waals surface area contributed by atoms with Gasteiger partial charge < -0.3 is 19.3 Å². The van der Waals surface area contributed by atoms with Crippen LogP contribution in [0.2, 0.25) is 0 Å². The highest BCUT2D eigenvalue weighted by molar-refractivity contribution is 6.40. The van der Waals surface area contributed by atoms with Crippen molar-refractivity contribution in [3.05, 3.63) is 176 Å². The Morgan fingerprint density at radius 3 is 1.36 bits per heavy atom. The first-order chi connectivity index (χ1) is 26.1. The zero-order chi connectivity index (χ0) is 35.6. The third-order valence-corrected chi connectivity index (χ3v) is 10.5. The summed E-state index contributed by atoms with van der Waals surface area (Å²) in [7, 11) is 7.06. The molecule has 53 heavy (non-hydrogen) atoms. The molecule has 2 N–H and O–H groups in total. The number of para-hydroxylation sites is 3. The first-order valence-electron chi connectivity index (χ1n) is 17.7. The van der Waals surface area contributed by atoms with E-state index in [1.807, 2.05) is 83.4 Å². The van der Waals surface area contributed by atoms with Gasteiger partial charge in [0.05, 0.1) is 33.3 Å². The Kier molecular flexibility index (Phi) is 7.02. The summed E-state index contributed by atoms with van der Waals surface area (Å²) < 4.78 is 4.36. The number of nitrogens with zero attached hydrogens (tertiary/aromatic N) is 2. The lowest BCUT2D eigenvalue weighted by atomic mass is 9.81. The van der Waals surface area contributed by atoms with E-state index in [9.17, 15) is 10.2 Å². The van der Waals surface area contributed by atoms with E-state index in [1.165, 1.54) is 16.3 Å². The van der Waals surface area contributed by atoms with Gasteiger partial charge in [-0.25, -0.2) is 0 Å². The van der Waals surface area contributed by atoms with Gasteiger partial charge in [-0.15, -0.1) is 0 Å². The molecule has 248 valence electrons. The van der Waals surface area contributed by atoms with Crippen molar-refractivity contribution in [1.29, 1.82) is 0 Å². The molecule has 0 bridgehead atoms. The molecule has 0 fully saturated rings. The molecule has 10 rings (SSSR count). The van der Waals surface area contributed by atoms with Gasteiger partial charge in [0.1, 0.15) is 13.6 Å². The van der Waals surface area contributed by atoms with Gasteiger partial charge in [-0.3, -0.25) is 0 Å². The van der Waals surface area contributed by atoms with E-state index in [0.717, 1.165) is 49.7 Å². The van der Waals surface area contributed by atoms with Crippen LogP contribution in [0.15, 0.2) is 176 Å². The van der Waals surface area contributed by atoms with E-state index >= 15 is 0 Å². The van der Waals surface area contributed by atoms with Crippen molar-refractivity contribution in [3.63, 3.8) is 0 Å². The van der Waals surface area contributed by atoms with Crippen LogP contribution in [-0.4, -0.2) is 27.2 Å². The van der Waals surface area contributed by atoms with Gasteiger partial charge in [0.25, 0.3) is 0 Å². The molecule has 0 amide bonds. The second-order valence-corrected chi connectivity index (χ2v) is 13.4. The summed E-state index contributed by atoms with van der Waals surface area (Å²) in [6.45, 7) is 0. The molecule has 0 aliphatic carbocycles. The molecule has 0 unspecified atom stereocenters. The SMILES string of the molecule is [B]c1c(-c2ccccc2)c(O)c(-c2ccccc2)c(O)c1-n1c2ccccc2c2cc(-c3ccc4c(c3)c3ccccc3n4-c3ccccc3)ccc21. The van der Waals surface area contributed by atoms with Crippen LogP contribution in [0.5, 0.6) is 11.5 Å². The topological polar surface area (TPSA) is 50.3 Å². The fraction of sp³-hybridized carbons (Fsp3) is 0. The quantitative estimate of drug-likeness (QED) is 0.178.